The summed E-state index contributed by atoms with van der Waals surface area (Å²) < 4.78 is 6.65. The minimum absolute atomic E-state index is 0.0105. The molecule has 0 saturated carbocycles. The highest BCUT2D eigenvalue weighted by molar-refractivity contribution is 5.81. The van der Waals surface area contributed by atoms with Crippen molar-refractivity contribution in [1.29, 1.82) is 0 Å². The number of hydrogen-bond acceptors (Lipinski definition) is 5. The molecule has 1 aromatic heterocycles. The summed E-state index contributed by atoms with van der Waals surface area (Å²) in [6.07, 6.45) is 6.83. The summed E-state index contributed by atoms with van der Waals surface area (Å²) in [6.45, 7) is 6.27. The number of aliphatic imine (C=N–C) groups is 1. The standard InChI is InChI=1S/C17H29N3O4/c1-4-6-8-13(5-2)12-24-10-7-9-18-11-14-15(21)19-17(23)20(3)16(14)22/h11,13,22H,4-10,12H2,1-3H3,(H,19,21,23). The Kier molecular flexibility index (Phi) is 9.07. The average molecular weight is 339 g/mol. The molecule has 0 saturated heterocycles. The van der Waals surface area contributed by atoms with Crippen LogP contribution in [0.15, 0.2) is 14.6 Å². The molecule has 0 amide bonds. The third kappa shape index (κ3) is 6.31. The minimum atomic E-state index is -0.656. The third-order valence-electron chi connectivity index (χ3n) is 4.02. The summed E-state index contributed by atoms with van der Waals surface area (Å²) in [7, 11) is 1.38. The van der Waals surface area contributed by atoms with Gasteiger partial charge in [0.05, 0.1) is 0 Å². The quantitative estimate of drug-likeness (QED) is 0.475. The van der Waals surface area contributed by atoms with Gasteiger partial charge in [-0.05, 0) is 18.8 Å². The summed E-state index contributed by atoms with van der Waals surface area (Å²) >= 11 is 0. The van der Waals surface area contributed by atoms with Crippen LogP contribution in [0.25, 0.3) is 0 Å². The fourth-order valence-electron chi connectivity index (χ4n) is 2.30. The lowest BCUT2D eigenvalue weighted by Gasteiger charge is -2.14. The zero-order chi connectivity index (χ0) is 17.9. The van der Waals surface area contributed by atoms with Crippen molar-refractivity contribution >= 4 is 6.21 Å². The molecule has 1 atom stereocenters. The molecule has 7 nitrogen and oxygen atoms in total. The van der Waals surface area contributed by atoms with Crippen molar-refractivity contribution in [1.82, 2.24) is 9.55 Å². The van der Waals surface area contributed by atoms with Crippen LogP contribution in [0.5, 0.6) is 5.88 Å². The van der Waals surface area contributed by atoms with E-state index in [0.717, 1.165) is 24.0 Å². The second-order valence-corrected chi connectivity index (χ2v) is 5.94. The molecule has 7 heteroatoms. The zero-order valence-electron chi connectivity index (χ0n) is 14.9. The van der Waals surface area contributed by atoms with Gasteiger partial charge in [0.15, 0.2) is 0 Å². The lowest BCUT2D eigenvalue weighted by atomic mass is 10.0. The Morgan fingerprint density at radius 1 is 1.33 bits per heavy atom. The van der Waals surface area contributed by atoms with Crippen molar-refractivity contribution in [3.63, 3.8) is 0 Å². The first-order valence-electron chi connectivity index (χ1n) is 8.61. The molecule has 136 valence electrons. The molecule has 0 aromatic carbocycles. The molecule has 0 aliphatic carbocycles. The normalized spacial score (nSPS) is 12.8. The Labute approximate surface area is 142 Å². The van der Waals surface area contributed by atoms with Crippen LogP contribution in [0.4, 0.5) is 0 Å². The van der Waals surface area contributed by atoms with Gasteiger partial charge < -0.3 is 9.84 Å². The number of aromatic hydroxyl groups is 1. The van der Waals surface area contributed by atoms with Crippen LogP contribution < -0.4 is 11.2 Å². The van der Waals surface area contributed by atoms with E-state index >= 15 is 0 Å². The maximum atomic E-state index is 11.6. The second kappa shape index (κ2) is 10.8. The van der Waals surface area contributed by atoms with E-state index < -0.39 is 11.2 Å². The topological polar surface area (TPSA) is 96.7 Å². The smallest absolute Gasteiger partial charge is 0.330 e. The lowest BCUT2D eigenvalue weighted by molar-refractivity contribution is 0.0933. The van der Waals surface area contributed by atoms with Crippen LogP contribution in [0.3, 0.4) is 0 Å². The molecule has 24 heavy (non-hydrogen) atoms. The van der Waals surface area contributed by atoms with Crippen LogP contribution in [-0.2, 0) is 11.8 Å². The highest BCUT2D eigenvalue weighted by atomic mass is 16.5. The van der Waals surface area contributed by atoms with Gasteiger partial charge in [0.2, 0.25) is 5.88 Å². The van der Waals surface area contributed by atoms with E-state index in [-0.39, 0.29) is 11.4 Å². The average Bonchev–Trinajstić information content (AvgIpc) is 2.57. The predicted molar refractivity (Wildman–Crippen MR) is 95.2 cm³/mol. The number of H-pyrrole nitrogens is 1. The maximum absolute atomic E-state index is 11.6. The molecule has 0 bridgehead atoms. The Bertz CT molecular complexity index is 634. The number of nitrogens with one attached hydrogen (secondary N) is 1. The van der Waals surface area contributed by atoms with E-state index in [1.807, 2.05) is 0 Å². The van der Waals surface area contributed by atoms with Crippen molar-refractivity contribution in [2.75, 3.05) is 19.8 Å². The van der Waals surface area contributed by atoms with Crippen molar-refractivity contribution in [2.24, 2.45) is 18.0 Å². The molecule has 1 aromatic rings. The van der Waals surface area contributed by atoms with Gasteiger partial charge in [0.1, 0.15) is 5.56 Å². The molecule has 0 radical (unpaired) electrons. The first kappa shape index (κ1) is 20.2. The molecule has 2 N–H and O–H groups in total. The van der Waals surface area contributed by atoms with Gasteiger partial charge in [-0.15, -0.1) is 0 Å². The number of ether oxygens (including phenoxy) is 1. The molecular formula is C17H29N3O4. The fraction of sp³-hybridized carbons (Fsp3) is 0.706. The van der Waals surface area contributed by atoms with E-state index in [0.29, 0.717) is 19.1 Å². The van der Waals surface area contributed by atoms with Crippen molar-refractivity contribution in [2.45, 2.75) is 46.0 Å². The highest BCUT2D eigenvalue weighted by Gasteiger charge is 2.09. The van der Waals surface area contributed by atoms with E-state index in [4.69, 9.17) is 4.74 Å². The third-order valence-corrected chi connectivity index (χ3v) is 4.02. The summed E-state index contributed by atoms with van der Waals surface area (Å²) in [5, 5.41) is 9.79. The molecule has 1 rings (SSSR count). The monoisotopic (exact) mass is 339 g/mol. The Morgan fingerprint density at radius 2 is 2.08 bits per heavy atom. The van der Waals surface area contributed by atoms with Crippen molar-refractivity contribution in [3.05, 3.63) is 26.4 Å². The van der Waals surface area contributed by atoms with Gasteiger partial charge in [-0.3, -0.25) is 19.3 Å². The number of nitrogens with zero attached hydrogens (tertiary/aromatic N) is 2. The van der Waals surface area contributed by atoms with Gasteiger partial charge in [-0.2, -0.15) is 0 Å². The number of hydrogen-bond donors (Lipinski definition) is 2. The van der Waals surface area contributed by atoms with Crippen molar-refractivity contribution in [3.8, 4) is 5.88 Å². The van der Waals surface area contributed by atoms with E-state index in [1.54, 1.807) is 0 Å². The molecule has 0 aliphatic rings. The van der Waals surface area contributed by atoms with Crippen LogP contribution in [0.1, 0.15) is 51.5 Å². The molecule has 1 heterocycles. The van der Waals surface area contributed by atoms with Crippen LogP contribution in [-0.4, -0.2) is 40.6 Å². The molecule has 1 unspecified atom stereocenters. The number of unbranched alkanes of at least 4 members (excludes halogenated alkanes) is 1. The molecular weight excluding hydrogens is 310 g/mol. The van der Waals surface area contributed by atoms with Gasteiger partial charge >= 0.3 is 5.69 Å². The largest absolute Gasteiger partial charge is 0.494 e. The Morgan fingerprint density at radius 3 is 2.75 bits per heavy atom. The SMILES string of the molecule is CCCCC(CC)COCCCN=Cc1c(O)n(C)c(=O)[nH]c1=O. The lowest BCUT2D eigenvalue weighted by Crippen LogP contribution is -2.30. The highest BCUT2D eigenvalue weighted by Crippen LogP contribution is 2.12. The van der Waals surface area contributed by atoms with Gasteiger partial charge in [-0.25, -0.2) is 4.79 Å². The predicted octanol–water partition coefficient (Wildman–Crippen LogP) is 1.82. The number of aromatic amines is 1. The van der Waals surface area contributed by atoms with E-state index in [2.05, 4.69) is 23.8 Å². The Balaban J connectivity index is 2.36. The van der Waals surface area contributed by atoms with Crippen LogP contribution in [0, 0.1) is 5.92 Å². The van der Waals surface area contributed by atoms with Crippen LogP contribution >= 0.6 is 0 Å². The molecule has 0 aliphatic heterocycles. The van der Waals surface area contributed by atoms with E-state index in [9.17, 15) is 14.7 Å². The Hall–Kier alpha value is -1.89. The molecule has 0 fully saturated rings. The maximum Gasteiger partial charge on any atom is 0.330 e. The number of aromatic nitrogens is 2. The number of rotatable bonds is 11. The van der Waals surface area contributed by atoms with Gasteiger partial charge in [-0.1, -0.05) is 33.1 Å². The van der Waals surface area contributed by atoms with Crippen molar-refractivity contribution < 1.29 is 9.84 Å². The van der Waals surface area contributed by atoms with E-state index in [1.165, 1.54) is 32.5 Å². The summed E-state index contributed by atoms with van der Waals surface area (Å²) in [4.78, 5) is 29.2. The van der Waals surface area contributed by atoms with Crippen LogP contribution in [0.2, 0.25) is 0 Å². The zero-order valence-corrected chi connectivity index (χ0v) is 14.9. The second-order valence-electron chi connectivity index (χ2n) is 5.94. The minimum Gasteiger partial charge on any atom is -0.494 e. The summed E-state index contributed by atoms with van der Waals surface area (Å²) in [5.41, 5.74) is -1.31. The first-order chi connectivity index (χ1) is 11.5. The molecule has 0 spiro atoms. The first-order valence-corrected chi connectivity index (χ1v) is 8.61. The van der Waals surface area contributed by atoms with Gasteiger partial charge in [0, 0.05) is 33.0 Å². The summed E-state index contributed by atoms with van der Waals surface area (Å²) in [6, 6.07) is 0. The summed E-state index contributed by atoms with van der Waals surface area (Å²) in [5.74, 6) is 0.236. The van der Waals surface area contributed by atoms with Gasteiger partial charge in [0.25, 0.3) is 5.56 Å². The fourth-order valence-corrected chi connectivity index (χ4v) is 2.30.